The van der Waals surface area contributed by atoms with E-state index in [4.69, 9.17) is 5.11 Å². The van der Waals surface area contributed by atoms with Crippen LogP contribution >= 0.6 is 0 Å². The van der Waals surface area contributed by atoms with Gasteiger partial charge < -0.3 is 11.3 Å². The van der Waals surface area contributed by atoms with Crippen molar-refractivity contribution in [2.24, 2.45) is 5.41 Å². The second-order valence-electron chi connectivity index (χ2n) is 3.80. The van der Waals surface area contributed by atoms with Crippen LogP contribution in [0.25, 0.3) is 0 Å². The Morgan fingerprint density at radius 2 is 1.12 bits per heavy atom. The molecule has 0 aliphatic heterocycles. The van der Waals surface area contributed by atoms with Crippen molar-refractivity contribution in [2.45, 2.75) is 40.0 Å². The molecular formula is C14H25NO2. The van der Waals surface area contributed by atoms with Crippen molar-refractivity contribution in [3.8, 4) is 0 Å². The molecule has 0 radical (unpaired) electrons. The monoisotopic (exact) mass is 239 g/mol. The predicted molar refractivity (Wildman–Crippen MR) is 72.4 cm³/mol. The number of carbonyl (C=O) groups is 1. The Hall–Kier alpha value is -1.35. The number of benzene rings is 1. The molecule has 0 aliphatic rings. The van der Waals surface area contributed by atoms with Crippen molar-refractivity contribution in [3.63, 3.8) is 0 Å². The molecule has 0 unspecified atom stereocenters. The first kappa shape index (κ1) is 18.0. The molecule has 4 N–H and O–H groups in total. The van der Waals surface area contributed by atoms with Crippen LogP contribution in [0.5, 0.6) is 0 Å². The van der Waals surface area contributed by atoms with Crippen LogP contribution in [0.4, 0.5) is 0 Å². The zero-order valence-electron chi connectivity index (χ0n) is 11.1. The van der Waals surface area contributed by atoms with Crippen molar-refractivity contribution in [1.82, 2.24) is 6.15 Å². The fourth-order valence-corrected chi connectivity index (χ4v) is 1.59. The third-order valence-corrected chi connectivity index (χ3v) is 3.15. The summed E-state index contributed by atoms with van der Waals surface area (Å²) >= 11 is 0. The minimum absolute atomic E-state index is 0. The SMILES string of the molecule is CCC(CC)(CC)C(=O)O.N.c1ccccc1. The third-order valence-electron chi connectivity index (χ3n) is 3.15. The standard InChI is InChI=1S/C8H16O2.C6H6.H3N/c1-4-8(5-2,6-3)7(9)10;1-2-4-6-5-3-1;/h4-6H2,1-3H3,(H,9,10);1-6H;1H3. The van der Waals surface area contributed by atoms with Crippen LogP contribution in [0.2, 0.25) is 0 Å². The van der Waals surface area contributed by atoms with Gasteiger partial charge in [0.15, 0.2) is 0 Å². The highest BCUT2D eigenvalue weighted by Crippen LogP contribution is 2.30. The molecule has 0 spiro atoms. The van der Waals surface area contributed by atoms with Crippen LogP contribution in [0.3, 0.4) is 0 Å². The molecule has 98 valence electrons. The van der Waals surface area contributed by atoms with Crippen molar-refractivity contribution in [3.05, 3.63) is 36.4 Å². The molecule has 0 aliphatic carbocycles. The van der Waals surface area contributed by atoms with Gasteiger partial charge in [-0.15, -0.1) is 0 Å². The quantitative estimate of drug-likeness (QED) is 0.829. The molecule has 0 atom stereocenters. The highest BCUT2D eigenvalue weighted by atomic mass is 16.4. The van der Waals surface area contributed by atoms with Crippen molar-refractivity contribution < 1.29 is 9.90 Å². The van der Waals surface area contributed by atoms with E-state index < -0.39 is 11.4 Å². The first-order valence-electron chi connectivity index (χ1n) is 5.86. The molecule has 3 heteroatoms. The lowest BCUT2D eigenvalue weighted by molar-refractivity contribution is -0.149. The van der Waals surface area contributed by atoms with E-state index in [1.54, 1.807) is 0 Å². The van der Waals surface area contributed by atoms with Crippen molar-refractivity contribution in [2.75, 3.05) is 0 Å². The van der Waals surface area contributed by atoms with Gasteiger partial charge in [0.1, 0.15) is 0 Å². The fourth-order valence-electron chi connectivity index (χ4n) is 1.59. The summed E-state index contributed by atoms with van der Waals surface area (Å²) in [6.45, 7) is 5.80. The molecule has 0 heterocycles. The number of hydrogen-bond acceptors (Lipinski definition) is 2. The van der Waals surface area contributed by atoms with Gasteiger partial charge in [0.05, 0.1) is 5.41 Å². The average Bonchev–Trinajstić information content (AvgIpc) is 2.35. The van der Waals surface area contributed by atoms with E-state index in [0.29, 0.717) is 0 Å². The predicted octanol–water partition coefficient (Wildman–Crippen LogP) is 4.14. The van der Waals surface area contributed by atoms with Crippen LogP contribution in [-0.2, 0) is 4.79 Å². The number of carboxylic acids is 1. The van der Waals surface area contributed by atoms with E-state index in [-0.39, 0.29) is 6.15 Å². The van der Waals surface area contributed by atoms with E-state index in [0.717, 1.165) is 19.3 Å². The summed E-state index contributed by atoms with van der Waals surface area (Å²) in [7, 11) is 0. The van der Waals surface area contributed by atoms with E-state index >= 15 is 0 Å². The Bertz CT molecular complexity index is 247. The maximum Gasteiger partial charge on any atom is 0.309 e. The Kier molecular flexibility index (Phi) is 10.4. The Morgan fingerprint density at radius 3 is 1.18 bits per heavy atom. The van der Waals surface area contributed by atoms with Crippen molar-refractivity contribution >= 4 is 5.97 Å². The molecule has 0 aromatic heterocycles. The van der Waals surface area contributed by atoms with Gasteiger partial charge in [0.2, 0.25) is 0 Å². The average molecular weight is 239 g/mol. The largest absolute Gasteiger partial charge is 0.481 e. The Morgan fingerprint density at radius 1 is 0.882 bits per heavy atom. The van der Waals surface area contributed by atoms with Gasteiger partial charge in [-0.05, 0) is 19.3 Å². The highest BCUT2D eigenvalue weighted by Gasteiger charge is 2.32. The third kappa shape index (κ3) is 6.07. The highest BCUT2D eigenvalue weighted by molar-refractivity contribution is 5.74. The fraction of sp³-hybridized carbons (Fsp3) is 0.500. The lowest BCUT2D eigenvalue weighted by Gasteiger charge is -2.24. The number of carboxylic acid groups (broad SMARTS) is 1. The lowest BCUT2D eigenvalue weighted by atomic mass is 9.80. The summed E-state index contributed by atoms with van der Waals surface area (Å²) in [5.74, 6) is -0.653. The smallest absolute Gasteiger partial charge is 0.309 e. The zero-order chi connectivity index (χ0) is 12.4. The van der Waals surface area contributed by atoms with Crippen molar-refractivity contribution in [1.29, 1.82) is 0 Å². The van der Waals surface area contributed by atoms with Crippen LogP contribution in [0.15, 0.2) is 36.4 Å². The van der Waals surface area contributed by atoms with E-state index in [2.05, 4.69) is 0 Å². The lowest BCUT2D eigenvalue weighted by Crippen LogP contribution is -2.28. The first-order valence-corrected chi connectivity index (χ1v) is 5.86. The topological polar surface area (TPSA) is 72.3 Å². The molecule has 0 fully saturated rings. The minimum Gasteiger partial charge on any atom is -0.481 e. The van der Waals surface area contributed by atoms with Crippen LogP contribution in [0, 0.1) is 5.41 Å². The Balaban J connectivity index is 0. The van der Waals surface area contributed by atoms with Gasteiger partial charge in [-0.3, -0.25) is 4.79 Å². The molecule has 0 bridgehead atoms. The van der Waals surface area contributed by atoms with Gasteiger partial charge in [-0.25, -0.2) is 0 Å². The zero-order valence-corrected chi connectivity index (χ0v) is 11.1. The van der Waals surface area contributed by atoms with E-state index in [1.165, 1.54) is 0 Å². The summed E-state index contributed by atoms with van der Waals surface area (Å²) in [4.78, 5) is 10.7. The maximum absolute atomic E-state index is 10.7. The van der Waals surface area contributed by atoms with Crippen LogP contribution in [-0.4, -0.2) is 11.1 Å². The van der Waals surface area contributed by atoms with Gasteiger partial charge in [-0.1, -0.05) is 57.2 Å². The number of aliphatic carboxylic acids is 1. The normalized spacial score (nSPS) is 9.59. The molecule has 1 aromatic carbocycles. The van der Waals surface area contributed by atoms with Gasteiger partial charge in [0.25, 0.3) is 0 Å². The van der Waals surface area contributed by atoms with Crippen LogP contribution in [0.1, 0.15) is 40.0 Å². The molecule has 0 amide bonds. The molecule has 0 saturated carbocycles. The minimum atomic E-state index is -0.653. The molecular weight excluding hydrogens is 214 g/mol. The number of rotatable bonds is 4. The van der Waals surface area contributed by atoms with Crippen LogP contribution < -0.4 is 6.15 Å². The number of hydrogen-bond donors (Lipinski definition) is 2. The summed E-state index contributed by atoms with van der Waals surface area (Å²) in [5.41, 5.74) is -0.458. The first-order chi connectivity index (χ1) is 7.63. The molecule has 1 rings (SSSR count). The molecule has 0 saturated heterocycles. The Labute approximate surface area is 104 Å². The molecule has 3 nitrogen and oxygen atoms in total. The van der Waals surface area contributed by atoms with Gasteiger partial charge >= 0.3 is 5.97 Å². The maximum atomic E-state index is 10.7. The second-order valence-corrected chi connectivity index (χ2v) is 3.80. The summed E-state index contributed by atoms with van der Waals surface area (Å²) in [6, 6.07) is 12.0. The molecule has 17 heavy (non-hydrogen) atoms. The molecule has 1 aromatic rings. The summed E-state index contributed by atoms with van der Waals surface area (Å²) < 4.78 is 0. The summed E-state index contributed by atoms with van der Waals surface area (Å²) in [6.07, 6.45) is 2.19. The van der Waals surface area contributed by atoms with Gasteiger partial charge in [0, 0.05) is 0 Å². The van der Waals surface area contributed by atoms with Gasteiger partial charge in [-0.2, -0.15) is 0 Å². The van der Waals surface area contributed by atoms with E-state index in [1.807, 2.05) is 57.2 Å². The van der Waals surface area contributed by atoms with E-state index in [9.17, 15) is 4.79 Å². The second kappa shape index (κ2) is 9.85. The summed E-state index contributed by atoms with van der Waals surface area (Å²) in [5, 5.41) is 8.82.